The molecular formula is C29H42N4O5. The molecule has 1 aromatic carbocycles. The lowest BCUT2D eigenvalue weighted by molar-refractivity contribution is -0.141. The fourth-order valence-corrected chi connectivity index (χ4v) is 6.43. The average molecular weight is 527 g/mol. The molecule has 4 N–H and O–H groups in total. The monoisotopic (exact) mass is 526 g/mol. The minimum Gasteiger partial charge on any atom is -0.478 e. The summed E-state index contributed by atoms with van der Waals surface area (Å²) >= 11 is 0. The fraction of sp³-hybridized carbons (Fsp3) is 0.655. The SMILES string of the molecule is CC(=O)C1CCCCN([C@H]2C[C@@H](C(=O)Nc3ccc(C(=O)O)cc3)N(C(=O)[C@H]3CC[C@H](CN)CC3)C2)CC1. The minimum absolute atomic E-state index is 0.0537. The molecule has 0 aromatic heterocycles. The number of carboxylic acids is 1. The van der Waals surface area contributed by atoms with Crippen LogP contribution in [0.5, 0.6) is 0 Å². The number of nitrogens with one attached hydrogen (secondary N) is 1. The Hall–Kier alpha value is -2.78. The summed E-state index contributed by atoms with van der Waals surface area (Å²) in [4.78, 5) is 54.7. The highest BCUT2D eigenvalue weighted by Crippen LogP contribution is 2.33. The number of carbonyl (C=O) groups excluding carboxylic acids is 3. The molecule has 0 bridgehead atoms. The summed E-state index contributed by atoms with van der Waals surface area (Å²) in [5.41, 5.74) is 6.51. The number of likely N-dealkylation sites (tertiary alicyclic amines) is 2. The maximum atomic E-state index is 13.8. The summed E-state index contributed by atoms with van der Waals surface area (Å²) in [5.74, 6) is -0.504. The van der Waals surface area contributed by atoms with Gasteiger partial charge in [0.05, 0.1) is 5.56 Å². The first-order valence-electron chi connectivity index (χ1n) is 14.2. The molecule has 2 saturated heterocycles. The van der Waals surface area contributed by atoms with Crippen LogP contribution in [0.3, 0.4) is 0 Å². The first kappa shape index (κ1) is 28.2. The molecular weight excluding hydrogens is 484 g/mol. The van der Waals surface area contributed by atoms with Gasteiger partial charge in [-0.15, -0.1) is 0 Å². The van der Waals surface area contributed by atoms with Gasteiger partial charge in [-0.05, 0) is 108 Å². The number of nitrogens with zero attached hydrogens (tertiary/aromatic N) is 2. The van der Waals surface area contributed by atoms with E-state index in [1.54, 1.807) is 24.0 Å². The van der Waals surface area contributed by atoms with E-state index in [9.17, 15) is 19.2 Å². The zero-order valence-corrected chi connectivity index (χ0v) is 22.4. The number of carbonyl (C=O) groups is 4. The third-order valence-electron chi connectivity index (χ3n) is 8.90. The molecule has 2 amide bonds. The molecule has 208 valence electrons. The number of rotatable bonds is 7. The largest absolute Gasteiger partial charge is 0.478 e. The standard InChI is InChI=1S/C29H42N4O5/c1-19(34)21-4-2-3-14-32(15-13-21)25-16-26(27(35)31-24-11-9-23(10-12-24)29(37)38)33(18-25)28(36)22-7-5-20(17-30)6-8-22/h9-12,20-22,25-26H,2-8,13-18,30H2,1H3,(H,31,35)(H,37,38)/t20-,21?,22-,25-,26-/m0/s1. The number of aromatic carboxylic acids is 1. The van der Waals surface area contributed by atoms with Crippen LogP contribution in [0, 0.1) is 17.8 Å². The summed E-state index contributed by atoms with van der Waals surface area (Å²) in [5, 5.41) is 12.1. The normalized spacial score (nSPS) is 28.8. The fourth-order valence-electron chi connectivity index (χ4n) is 6.43. The molecule has 1 aliphatic carbocycles. The van der Waals surface area contributed by atoms with E-state index >= 15 is 0 Å². The molecule has 9 heteroatoms. The predicted octanol–water partition coefficient (Wildman–Crippen LogP) is 3.14. The highest BCUT2D eigenvalue weighted by Gasteiger charge is 2.44. The van der Waals surface area contributed by atoms with Crippen LogP contribution in [0.15, 0.2) is 24.3 Å². The number of ketones is 1. The van der Waals surface area contributed by atoms with Gasteiger partial charge in [0.1, 0.15) is 11.8 Å². The number of carboxylic acid groups (broad SMARTS) is 1. The smallest absolute Gasteiger partial charge is 0.335 e. The van der Waals surface area contributed by atoms with Gasteiger partial charge in [-0.3, -0.25) is 19.3 Å². The first-order valence-corrected chi connectivity index (χ1v) is 14.2. The van der Waals surface area contributed by atoms with E-state index < -0.39 is 12.0 Å². The van der Waals surface area contributed by atoms with Crippen molar-refractivity contribution in [2.45, 2.75) is 76.8 Å². The molecule has 4 rings (SSSR count). The Balaban J connectivity index is 1.49. The topological polar surface area (TPSA) is 133 Å². The second-order valence-corrected chi connectivity index (χ2v) is 11.3. The lowest BCUT2D eigenvalue weighted by Crippen LogP contribution is -2.47. The van der Waals surface area contributed by atoms with E-state index in [1.807, 2.05) is 0 Å². The molecule has 1 aromatic rings. The van der Waals surface area contributed by atoms with Gasteiger partial charge >= 0.3 is 5.97 Å². The first-order chi connectivity index (χ1) is 18.3. The van der Waals surface area contributed by atoms with Crippen molar-refractivity contribution in [3.05, 3.63) is 29.8 Å². The van der Waals surface area contributed by atoms with Crippen LogP contribution in [-0.4, -0.2) is 76.7 Å². The molecule has 38 heavy (non-hydrogen) atoms. The Morgan fingerprint density at radius 1 is 0.947 bits per heavy atom. The van der Waals surface area contributed by atoms with Crippen LogP contribution in [-0.2, 0) is 14.4 Å². The Bertz CT molecular complexity index is 1000. The van der Waals surface area contributed by atoms with Crippen LogP contribution in [0.1, 0.15) is 75.1 Å². The molecule has 9 nitrogen and oxygen atoms in total. The van der Waals surface area contributed by atoms with E-state index in [0.29, 0.717) is 31.1 Å². The molecule has 1 unspecified atom stereocenters. The molecule has 3 atom stereocenters. The summed E-state index contributed by atoms with van der Waals surface area (Å²) in [6.45, 7) is 4.54. The second kappa shape index (κ2) is 12.8. The van der Waals surface area contributed by atoms with Crippen LogP contribution < -0.4 is 11.1 Å². The Morgan fingerprint density at radius 2 is 1.66 bits per heavy atom. The van der Waals surface area contributed by atoms with Gasteiger partial charge in [-0.2, -0.15) is 0 Å². The summed E-state index contributed by atoms with van der Waals surface area (Å²) in [6.07, 6.45) is 7.80. The number of amides is 2. The highest BCUT2D eigenvalue weighted by molar-refractivity contribution is 5.98. The van der Waals surface area contributed by atoms with Crippen molar-refractivity contribution in [3.63, 3.8) is 0 Å². The van der Waals surface area contributed by atoms with Crippen LogP contribution >= 0.6 is 0 Å². The van der Waals surface area contributed by atoms with Gasteiger partial charge in [-0.25, -0.2) is 4.79 Å². The molecule has 2 aliphatic heterocycles. The lowest BCUT2D eigenvalue weighted by atomic mass is 9.81. The van der Waals surface area contributed by atoms with Crippen molar-refractivity contribution < 1.29 is 24.3 Å². The van der Waals surface area contributed by atoms with Gasteiger partial charge in [-0.1, -0.05) is 6.42 Å². The van der Waals surface area contributed by atoms with Crippen molar-refractivity contribution >= 4 is 29.3 Å². The van der Waals surface area contributed by atoms with E-state index in [-0.39, 0.29) is 41.0 Å². The maximum Gasteiger partial charge on any atom is 0.335 e. The number of hydrogen-bond acceptors (Lipinski definition) is 6. The van der Waals surface area contributed by atoms with Crippen LogP contribution in [0.4, 0.5) is 5.69 Å². The van der Waals surface area contributed by atoms with Crippen molar-refractivity contribution in [2.75, 3.05) is 31.5 Å². The number of nitrogens with two attached hydrogens (primary N) is 1. The maximum absolute atomic E-state index is 13.8. The third kappa shape index (κ3) is 6.80. The quantitative estimate of drug-likeness (QED) is 0.497. The molecule has 1 saturated carbocycles. The molecule has 2 heterocycles. The Morgan fingerprint density at radius 3 is 2.29 bits per heavy atom. The van der Waals surface area contributed by atoms with Crippen molar-refractivity contribution in [3.8, 4) is 0 Å². The Labute approximate surface area is 225 Å². The number of anilines is 1. The number of hydrogen-bond donors (Lipinski definition) is 3. The summed E-state index contributed by atoms with van der Waals surface area (Å²) in [6, 6.07) is 5.55. The number of benzene rings is 1. The Kier molecular flexibility index (Phi) is 9.54. The third-order valence-corrected chi connectivity index (χ3v) is 8.90. The molecule has 0 spiro atoms. The van der Waals surface area contributed by atoms with E-state index in [0.717, 1.165) is 64.5 Å². The predicted molar refractivity (Wildman–Crippen MR) is 145 cm³/mol. The van der Waals surface area contributed by atoms with Crippen molar-refractivity contribution in [1.29, 1.82) is 0 Å². The van der Waals surface area contributed by atoms with Gasteiger partial charge in [0.15, 0.2) is 0 Å². The second-order valence-electron chi connectivity index (χ2n) is 11.3. The van der Waals surface area contributed by atoms with E-state index in [4.69, 9.17) is 10.8 Å². The zero-order chi connectivity index (χ0) is 27.2. The highest BCUT2D eigenvalue weighted by atomic mass is 16.4. The summed E-state index contributed by atoms with van der Waals surface area (Å²) < 4.78 is 0. The average Bonchev–Trinajstić information content (AvgIpc) is 3.34. The number of Topliss-reactive ketones (excluding diaryl/α,β-unsaturated/α-hetero) is 1. The van der Waals surface area contributed by atoms with Gasteiger partial charge in [0.25, 0.3) is 0 Å². The lowest BCUT2D eigenvalue weighted by Gasteiger charge is -2.33. The van der Waals surface area contributed by atoms with Gasteiger partial charge in [0, 0.05) is 30.1 Å². The molecule has 0 radical (unpaired) electrons. The van der Waals surface area contributed by atoms with Gasteiger partial charge in [0.2, 0.25) is 11.8 Å². The van der Waals surface area contributed by atoms with Crippen LogP contribution in [0.2, 0.25) is 0 Å². The van der Waals surface area contributed by atoms with Crippen molar-refractivity contribution in [1.82, 2.24) is 9.80 Å². The van der Waals surface area contributed by atoms with Crippen LogP contribution in [0.25, 0.3) is 0 Å². The van der Waals surface area contributed by atoms with E-state index in [1.165, 1.54) is 12.1 Å². The summed E-state index contributed by atoms with van der Waals surface area (Å²) in [7, 11) is 0. The van der Waals surface area contributed by atoms with E-state index in [2.05, 4.69) is 10.2 Å². The zero-order valence-electron chi connectivity index (χ0n) is 22.4. The van der Waals surface area contributed by atoms with Crippen molar-refractivity contribution in [2.24, 2.45) is 23.5 Å². The van der Waals surface area contributed by atoms with Gasteiger partial charge < -0.3 is 21.1 Å². The minimum atomic E-state index is -1.03. The molecule has 3 aliphatic rings. The molecule has 3 fully saturated rings.